The van der Waals surface area contributed by atoms with Crippen molar-refractivity contribution in [2.75, 3.05) is 6.54 Å². The van der Waals surface area contributed by atoms with Crippen molar-refractivity contribution in [3.8, 4) is 0 Å². The summed E-state index contributed by atoms with van der Waals surface area (Å²) in [5.41, 5.74) is -0.595. The molecule has 2 N–H and O–H groups in total. The van der Waals surface area contributed by atoms with Crippen LogP contribution >= 0.6 is 0 Å². The standard InChI is InChI=1S/C7H13NO4/c1-7(2,3)12-6(11)8-4-5(9)10/h4H2,1-3H3,(H,8,11)(H,9,10)/i5+1. The minimum atomic E-state index is -1.10. The third-order valence-corrected chi connectivity index (χ3v) is 0.783. The third kappa shape index (κ3) is 6.85. The number of alkyl carbamates (subject to hydrolysis) is 1. The van der Waals surface area contributed by atoms with Gasteiger partial charge in [0.25, 0.3) is 0 Å². The van der Waals surface area contributed by atoms with E-state index in [9.17, 15) is 9.59 Å². The summed E-state index contributed by atoms with van der Waals surface area (Å²) in [5, 5.41) is 10.3. The summed E-state index contributed by atoms with van der Waals surface area (Å²) in [4.78, 5) is 20.8. The lowest BCUT2D eigenvalue weighted by Gasteiger charge is -2.19. The Bertz CT molecular complexity index is 182. The van der Waals surface area contributed by atoms with Gasteiger partial charge in [0.1, 0.15) is 12.1 Å². The Morgan fingerprint density at radius 2 is 1.92 bits per heavy atom. The van der Waals surface area contributed by atoms with E-state index in [-0.39, 0.29) is 0 Å². The zero-order chi connectivity index (χ0) is 9.78. The summed E-state index contributed by atoms with van der Waals surface area (Å²) in [6.45, 7) is 4.68. The van der Waals surface area contributed by atoms with Crippen LogP contribution in [0.4, 0.5) is 4.79 Å². The minimum absolute atomic E-state index is 0.422. The molecule has 0 heterocycles. The van der Waals surface area contributed by atoms with E-state index >= 15 is 0 Å². The quantitative estimate of drug-likeness (QED) is 0.604. The highest BCUT2D eigenvalue weighted by molar-refractivity contribution is 5.76. The molecule has 0 aromatic heterocycles. The fraction of sp³-hybridized carbons (Fsp3) is 0.714. The maximum atomic E-state index is 10.8. The van der Waals surface area contributed by atoms with Gasteiger partial charge in [0, 0.05) is 0 Å². The molecule has 0 radical (unpaired) electrons. The van der Waals surface area contributed by atoms with Gasteiger partial charge in [-0.05, 0) is 20.8 Å². The van der Waals surface area contributed by atoms with Gasteiger partial charge in [-0.1, -0.05) is 0 Å². The van der Waals surface area contributed by atoms with E-state index in [0.29, 0.717) is 0 Å². The van der Waals surface area contributed by atoms with Gasteiger partial charge in [-0.3, -0.25) is 4.79 Å². The molecule has 0 aliphatic carbocycles. The average molecular weight is 176 g/mol. The first-order valence-electron chi connectivity index (χ1n) is 3.50. The number of nitrogens with one attached hydrogen (secondary N) is 1. The highest BCUT2D eigenvalue weighted by Gasteiger charge is 2.15. The van der Waals surface area contributed by atoms with Gasteiger partial charge in [0.15, 0.2) is 0 Å². The number of hydrogen-bond acceptors (Lipinski definition) is 3. The van der Waals surface area contributed by atoms with Crippen LogP contribution in [0.2, 0.25) is 0 Å². The lowest BCUT2D eigenvalue weighted by Crippen LogP contribution is -2.35. The van der Waals surface area contributed by atoms with Crippen LogP contribution in [-0.2, 0) is 9.53 Å². The number of carbonyl (C=O) groups excluding carboxylic acids is 1. The molecule has 1 amide bonds. The first-order chi connectivity index (χ1) is 5.31. The number of carbonyl (C=O) groups is 2. The SMILES string of the molecule is CC(C)(C)OC(=O)NC[13C](=O)O. The van der Waals surface area contributed by atoms with Gasteiger partial charge in [-0.25, -0.2) is 4.79 Å². The Labute approximate surface area is 70.7 Å². The minimum Gasteiger partial charge on any atom is -0.480 e. The number of amides is 1. The predicted octanol–water partition coefficient (Wildman–Crippen LogP) is 0.596. The molecular weight excluding hydrogens is 163 g/mol. The third-order valence-electron chi connectivity index (χ3n) is 0.783. The molecule has 5 nitrogen and oxygen atoms in total. The molecular formula is C7H13NO4. The second-order valence-corrected chi connectivity index (χ2v) is 3.25. The Hall–Kier alpha value is -1.26. The Balaban J connectivity index is 3.68. The van der Waals surface area contributed by atoms with Crippen molar-refractivity contribution in [1.82, 2.24) is 5.32 Å². The van der Waals surface area contributed by atoms with E-state index in [1.54, 1.807) is 20.8 Å². The number of carboxylic acid groups (broad SMARTS) is 1. The number of hydrogen-bond donors (Lipinski definition) is 2. The fourth-order valence-electron chi connectivity index (χ4n) is 0.462. The van der Waals surface area contributed by atoms with Crippen molar-refractivity contribution in [2.45, 2.75) is 26.4 Å². The lowest BCUT2D eigenvalue weighted by atomic mass is 10.2. The van der Waals surface area contributed by atoms with Crippen molar-refractivity contribution in [3.63, 3.8) is 0 Å². The van der Waals surface area contributed by atoms with Crippen molar-refractivity contribution >= 4 is 12.1 Å². The van der Waals surface area contributed by atoms with Gasteiger partial charge < -0.3 is 15.2 Å². The first-order valence-corrected chi connectivity index (χ1v) is 3.50. The summed E-state index contributed by atoms with van der Waals surface area (Å²) >= 11 is 0. The summed E-state index contributed by atoms with van der Waals surface area (Å²) in [6, 6.07) is 0. The number of carboxylic acids is 1. The topological polar surface area (TPSA) is 75.6 Å². The molecule has 12 heavy (non-hydrogen) atoms. The normalized spacial score (nSPS) is 10.6. The zero-order valence-corrected chi connectivity index (χ0v) is 7.38. The van der Waals surface area contributed by atoms with Crippen LogP contribution in [0.5, 0.6) is 0 Å². The summed E-state index contributed by atoms with van der Waals surface area (Å²) in [7, 11) is 0. The molecule has 0 fully saturated rings. The summed E-state index contributed by atoms with van der Waals surface area (Å²) in [5.74, 6) is -1.10. The van der Waals surface area contributed by atoms with Crippen molar-refractivity contribution in [3.05, 3.63) is 0 Å². The van der Waals surface area contributed by atoms with Gasteiger partial charge in [0.2, 0.25) is 0 Å². The average Bonchev–Trinajstić information content (AvgIpc) is 1.79. The highest BCUT2D eigenvalue weighted by Crippen LogP contribution is 2.05. The van der Waals surface area contributed by atoms with Crippen molar-refractivity contribution < 1.29 is 19.4 Å². The molecule has 0 unspecified atom stereocenters. The summed E-state index contributed by atoms with van der Waals surface area (Å²) in [6.07, 6.45) is -0.718. The molecule has 0 atom stereocenters. The predicted molar refractivity (Wildman–Crippen MR) is 41.9 cm³/mol. The molecule has 0 aromatic rings. The Morgan fingerprint density at radius 1 is 1.42 bits per heavy atom. The zero-order valence-electron chi connectivity index (χ0n) is 7.38. The van der Waals surface area contributed by atoms with E-state index in [1.807, 2.05) is 0 Å². The second-order valence-electron chi connectivity index (χ2n) is 3.25. The molecule has 0 saturated carbocycles. The maximum absolute atomic E-state index is 10.8. The van der Waals surface area contributed by atoms with Gasteiger partial charge >= 0.3 is 12.1 Å². The van der Waals surface area contributed by atoms with Gasteiger partial charge in [0.05, 0.1) is 0 Å². The highest BCUT2D eigenvalue weighted by atomic mass is 16.6. The van der Waals surface area contributed by atoms with E-state index in [1.165, 1.54) is 0 Å². The van der Waals surface area contributed by atoms with Crippen molar-refractivity contribution in [2.24, 2.45) is 0 Å². The number of rotatable bonds is 2. The summed E-state index contributed by atoms with van der Waals surface area (Å²) < 4.78 is 4.77. The molecule has 0 rings (SSSR count). The number of aliphatic carboxylic acids is 1. The van der Waals surface area contributed by atoms with Crippen molar-refractivity contribution in [1.29, 1.82) is 0 Å². The molecule has 5 heteroatoms. The molecule has 0 aliphatic heterocycles. The molecule has 0 spiro atoms. The largest absolute Gasteiger partial charge is 0.480 e. The van der Waals surface area contributed by atoms with Crippen LogP contribution in [-0.4, -0.2) is 29.3 Å². The molecule has 0 aliphatic rings. The molecule has 70 valence electrons. The van der Waals surface area contributed by atoms with Crippen LogP contribution in [0.1, 0.15) is 20.8 Å². The van der Waals surface area contributed by atoms with E-state index in [4.69, 9.17) is 9.84 Å². The molecule has 0 bridgehead atoms. The number of ether oxygens (including phenoxy) is 1. The lowest BCUT2D eigenvalue weighted by molar-refractivity contribution is -0.136. The van der Waals surface area contributed by atoms with Crippen LogP contribution < -0.4 is 5.32 Å². The van der Waals surface area contributed by atoms with E-state index in [0.717, 1.165) is 0 Å². The van der Waals surface area contributed by atoms with Gasteiger partial charge in [-0.2, -0.15) is 0 Å². The fourth-order valence-corrected chi connectivity index (χ4v) is 0.462. The van der Waals surface area contributed by atoms with Crippen LogP contribution in [0.15, 0.2) is 0 Å². The van der Waals surface area contributed by atoms with E-state index < -0.39 is 24.2 Å². The van der Waals surface area contributed by atoms with Gasteiger partial charge in [-0.15, -0.1) is 0 Å². The smallest absolute Gasteiger partial charge is 0.408 e. The van der Waals surface area contributed by atoms with Crippen LogP contribution in [0.25, 0.3) is 0 Å². The molecule has 0 aromatic carbocycles. The monoisotopic (exact) mass is 176 g/mol. The first kappa shape index (κ1) is 10.7. The Kier molecular flexibility index (Phi) is 3.53. The van der Waals surface area contributed by atoms with Crippen LogP contribution in [0, 0.1) is 0 Å². The maximum Gasteiger partial charge on any atom is 0.408 e. The Morgan fingerprint density at radius 3 is 2.25 bits per heavy atom. The van der Waals surface area contributed by atoms with E-state index in [2.05, 4.69) is 5.32 Å². The second kappa shape index (κ2) is 3.94. The molecule has 0 saturated heterocycles. The van der Waals surface area contributed by atoms with Crippen LogP contribution in [0.3, 0.4) is 0 Å².